The molecule has 0 aromatic heterocycles. The van der Waals surface area contributed by atoms with Gasteiger partial charge in [0.15, 0.2) is 0 Å². The zero-order valence-corrected chi connectivity index (χ0v) is 17.3. The van der Waals surface area contributed by atoms with Crippen LogP contribution >= 0.6 is 31.9 Å². The van der Waals surface area contributed by atoms with Crippen molar-refractivity contribution in [2.75, 3.05) is 27.4 Å². The molecule has 0 saturated heterocycles. The van der Waals surface area contributed by atoms with Crippen molar-refractivity contribution < 1.29 is 19.1 Å². The molecule has 134 valence electrons. The fourth-order valence-electron chi connectivity index (χ4n) is 2.08. The average Bonchev–Trinajstić information content (AvgIpc) is 2.49. The van der Waals surface area contributed by atoms with Gasteiger partial charge >= 0.3 is 0 Å². The van der Waals surface area contributed by atoms with Crippen LogP contribution < -0.4 is 10.6 Å². The first-order valence-corrected chi connectivity index (χ1v) is 8.97. The third kappa shape index (κ3) is 6.16. The Morgan fingerprint density at radius 1 is 0.917 bits per heavy atom. The fourth-order valence-corrected chi connectivity index (χ4v) is 3.13. The van der Waals surface area contributed by atoms with E-state index in [0.717, 1.165) is 0 Å². The van der Waals surface area contributed by atoms with Gasteiger partial charge in [0.25, 0.3) is 11.8 Å². The molecule has 0 heterocycles. The molecule has 2 atom stereocenters. The molecule has 2 N–H and O–H groups in total. The van der Waals surface area contributed by atoms with Gasteiger partial charge in [-0.15, -0.1) is 0 Å². The summed E-state index contributed by atoms with van der Waals surface area (Å²) < 4.78 is 11.1. The second-order valence-corrected chi connectivity index (χ2v) is 7.18. The fraction of sp³-hybridized carbons (Fsp3) is 0.500. The van der Waals surface area contributed by atoms with Crippen molar-refractivity contribution in [3.63, 3.8) is 0 Å². The van der Waals surface area contributed by atoms with Crippen LogP contribution in [0.4, 0.5) is 0 Å². The lowest BCUT2D eigenvalue weighted by Crippen LogP contribution is -2.36. The summed E-state index contributed by atoms with van der Waals surface area (Å²) in [6, 6.07) is 3.00. The molecule has 0 aliphatic heterocycles. The van der Waals surface area contributed by atoms with Gasteiger partial charge in [0.2, 0.25) is 0 Å². The van der Waals surface area contributed by atoms with Gasteiger partial charge in [0.1, 0.15) is 0 Å². The van der Waals surface area contributed by atoms with Crippen LogP contribution in [0, 0.1) is 0 Å². The van der Waals surface area contributed by atoms with E-state index in [1.54, 1.807) is 26.4 Å². The quantitative estimate of drug-likeness (QED) is 0.618. The molecule has 1 rings (SSSR count). The van der Waals surface area contributed by atoms with Gasteiger partial charge in [-0.3, -0.25) is 9.59 Å². The van der Waals surface area contributed by atoms with E-state index in [1.807, 2.05) is 13.8 Å². The number of nitrogens with one attached hydrogen (secondary N) is 2. The number of hydrogen-bond acceptors (Lipinski definition) is 4. The molecule has 8 heteroatoms. The molecule has 2 unspecified atom stereocenters. The van der Waals surface area contributed by atoms with Crippen LogP contribution in [0.1, 0.15) is 34.6 Å². The topological polar surface area (TPSA) is 76.7 Å². The molecular formula is C16H22Br2N2O4. The second kappa shape index (κ2) is 10.1. The first kappa shape index (κ1) is 21.1. The summed E-state index contributed by atoms with van der Waals surface area (Å²) in [6.07, 6.45) is 0. The van der Waals surface area contributed by atoms with Crippen LogP contribution in [0.15, 0.2) is 21.1 Å². The first-order chi connectivity index (χ1) is 11.3. The molecule has 0 radical (unpaired) electrons. The lowest BCUT2D eigenvalue weighted by molar-refractivity contribution is 0.0893. The third-order valence-electron chi connectivity index (χ3n) is 3.13. The normalized spacial score (nSPS) is 13.2. The SMILES string of the molecule is COCC(C)NC(=O)c1cc(Br)c(C(=O)NC(C)COC)cc1Br. The summed E-state index contributed by atoms with van der Waals surface area (Å²) >= 11 is 6.72. The minimum atomic E-state index is -0.244. The monoisotopic (exact) mass is 464 g/mol. The molecule has 6 nitrogen and oxygen atoms in total. The summed E-state index contributed by atoms with van der Waals surface area (Å²) in [5, 5.41) is 5.66. The molecule has 1 aromatic rings. The van der Waals surface area contributed by atoms with Gasteiger partial charge in [-0.05, 0) is 57.8 Å². The van der Waals surface area contributed by atoms with Gasteiger partial charge in [-0.2, -0.15) is 0 Å². The summed E-state index contributed by atoms with van der Waals surface area (Å²) in [4.78, 5) is 24.6. The molecule has 0 aliphatic carbocycles. The molecule has 0 spiro atoms. The Kier molecular flexibility index (Phi) is 8.90. The number of carbonyl (C=O) groups is 2. The number of hydrogen-bond donors (Lipinski definition) is 2. The van der Waals surface area contributed by atoms with Gasteiger partial charge < -0.3 is 20.1 Å². The molecule has 0 saturated carbocycles. The highest BCUT2D eigenvalue weighted by Crippen LogP contribution is 2.26. The summed E-state index contributed by atoms with van der Waals surface area (Å²) in [7, 11) is 3.15. The number of ether oxygens (including phenoxy) is 2. The van der Waals surface area contributed by atoms with Gasteiger partial charge in [0, 0.05) is 35.2 Å². The van der Waals surface area contributed by atoms with Gasteiger partial charge in [-0.1, -0.05) is 0 Å². The highest BCUT2D eigenvalue weighted by atomic mass is 79.9. The van der Waals surface area contributed by atoms with Crippen molar-refractivity contribution >= 4 is 43.7 Å². The Labute approximate surface area is 158 Å². The standard InChI is InChI=1S/C16H22Br2N2O4/c1-9(7-23-3)19-15(21)11-5-14(18)12(6-13(11)17)16(22)20-10(2)8-24-4/h5-6,9-10H,7-8H2,1-4H3,(H,19,21)(H,20,22). The van der Waals surface area contributed by atoms with E-state index in [1.165, 1.54) is 0 Å². The second-order valence-electron chi connectivity index (χ2n) is 5.47. The van der Waals surface area contributed by atoms with Crippen LogP contribution in [0.3, 0.4) is 0 Å². The number of rotatable bonds is 8. The highest BCUT2D eigenvalue weighted by molar-refractivity contribution is 9.11. The Morgan fingerprint density at radius 3 is 1.54 bits per heavy atom. The summed E-state index contributed by atoms with van der Waals surface area (Å²) in [6.45, 7) is 4.54. The van der Waals surface area contributed by atoms with E-state index >= 15 is 0 Å². The van der Waals surface area contributed by atoms with Crippen LogP contribution in [-0.4, -0.2) is 51.3 Å². The summed E-state index contributed by atoms with van der Waals surface area (Å²) in [5.41, 5.74) is 0.873. The molecule has 0 fully saturated rings. The van der Waals surface area contributed by atoms with Crippen LogP contribution in [0.25, 0.3) is 0 Å². The zero-order chi connectivity index (χ0) is 18.3. The average molecular weight is 466 g/mol. The van der Waals surface area contributed by atoms with E-state index in [0.29, 0.717) is 33.3 Å². The van der Waals surface area contributed by atoms with Crippen LogP contribution in [0.2, 0.25) is 0 Å². The molecule has 2 amide bonds. The lowest BCUT2D eigenvalue weighted by Gasteiger charge is -2.16. The minimum absolute atomic E-state index is 0.119. The lowest BCUT2D eigenvalue weighted by atomic mass is 10.1. The molecule has 1 aromatic carbocycles. The van der Waals surface area contributed by atoms with Crippen molar-refractivity contribution in [3.05, 3.63) is 32.2 Å². The number of methoxy groups -OCH3 is 2. The van der Waals surface area contributed by atoms with Crippen molar-refractivity contribution in [1.29, 1.82) is 0 Å². The number of amides is 2. The Balaban J connectivity index is 2.93. The van der Waals surface area contributed by atoms with E-state index in [9.17, 15) is 9.59 Å². The Morgan fingerprint density at radius 2 is 1.25 bits per heavy atom. The maximum Gasteiger partial charge on any atom is 0.252 e. The summed E-state index contributed by atoms with van der Waals surface area (Å²) in [5.74, 6) is -0.487. The van der Waals surface area contributed by atoms with Crippen molar-refractivity contribution in [2.45, 2.75) is 25.9 Å². The Bertz CT molecular complexity index is 544. The minimum Gasteiger partial charge on any atom is -0.383 e. The van der Waals surface area contributed by atoms with Gasteiger partial charge in [-0.25, -0.2) is 0 Å². The molecule has 0 bridgehead atoms. The first-order valence-electron chi connectivity index (χ1n) is 7.38. The van der Waals surface area contributed by atoms with Crippen molar-refractivity contribution in [1.82, 2.24) is 10.6 Å². The van der Waals surface area contributed by atoms with Crippen molar-refractivity contribution in [2.24, 2.45) is 0 Å². The van der Waals surface area contributed by atoms with Crippen LogP contribution in [-0.2, 0) is 9.47 Å². The molecule has 24 heavy (non-hydrogen) atoms. The van der Waals surface area contributed by atoms with E-state index in [2.05, 4.69) is 42.5 Å². The highest BCUT2D eigenvalue weighted by Gasteiger charge is 2.19. The third-order valence-corrected chi connectivity index (χ3v) is 4.45. The largest absolute Gasteiger partial charge is 0.383 e. The van der Waals surface area contributed by atoms with Crippen LogP contribution in [0.5, 0.6) is 0 Å². The smallest absolute Gasteiger partial charge is 0.252 e. The van der Waals surface area contributed by atoms with Gasteiger partial charge in [0.05, 0.1) is 24.3 Å². The molecular weight excluding hydrogens is 444 g/mol. The van der Waals surface area contributed by atoms with E-state index in [-0.39, 0.29) is 23.9 Å². The Hall–Kier alpha value is -0.960. The number of halogens is 2. The number of benzene rings is 1. The predicted molar refractivity (Wildman–Crippen MR) is 99.5 cm³/mol. The molecule has 0 aliphatic rings. The van der Waals surface area contributed by atoms with E-state index < -0.39 is 0 Å². The maximum atomic E-state index is 12.3. The zero-order valence-electron chi connectivity index (χ0n) is 14.1. The van der Waals surface area contributed by atoms with Crippen molar-refractivity contribution in [3.8, 4) is 0 Å². The maximum absolute atomic E-state index is 12.3. The predicted octanol–water partition coefficient (Wildman–Crippen LogP) is 2.74. The number of carbonyl (C=O) groups excluding carboxylic acids is 2. The van der Waals surface area contributed by atoms with E-state index in [4.69, 9.17) is 9.47 Å².